The Balaban J connectivity index is 1.58. The minimum atomic E-state index is -0.337. The number of nitrogens with zero attached hydrogens (tertiary/aromatic N) is 1. The summed E-state index contributed by atoms with van der Waals surface area (Å²) in [5.41, 5.74) is 2.11. The molecular formula is C18H20N2O4. The molecule has 126 valence electrons. The van der Waals surface area contributed by atoms with Gasteiger partial charge in [0.05, 0.1) is 24.5 Å². The van der Waals surface area contributed by atoms with E-state index in [1.165, 1.54) is 0 Å². The molecule has 0 aliphatic heterocycles. The van der Waals surface area contributed by atoms with Gasteiger partial charge in [-0.1, -0.05) is 0 Å². The van der Waals surface area contributed by atoms with Crippen molar-refractivity contribution in [3.63, 3.8) is 0 Å². The SMILES string of the molecule is CCOC(=O)c1ccc(OCC2Cc3nc(C)[nH]c(=O)c3C2)cc1. The van der Waals surface area contributed by atoms with Crippen molar-refractivity contribution in [3.05, 3.63) is 57.3 Å². The Hall–Kier alpha value is -2.63. The number of hydrogen-bond acceptors (Lipinski definition) is 5. The highest BCUT2D eigenvalue weighted by molar-refractivity contribution is 5.89. The number of benzene rings is 1. The number of fused-ring (bicyclic) bond motifs is 1. The average Bonchev–Trinajstić information content (AvgIpc) is 2.97. The van der Waals surface area contributed by atoms with Crippen LogP contribution in [-0.4, -0.2) is 29.2 Å². The molecule has 1 atom stereocenters. The molecule has 1 unspecified atom stereocenters. The zero-order valence-corrected chi connectivity index (χ0v) is 13.8. The molecule has 2 aromatic rings. The smallest absolute Gasteiger partial charge is 0.338 e. The number of rotatable bonds is 5. The number of ether oxygens (including phenoxy) is 2. The zero-order valence-electron chi connectivity index (χ0n) is 13.8. The molecule has 1 aromatic heterocycles. The minimum absolute atomic E-state index is 0.0428. The second-order valence-electron chi connectivity index (χ2n) is 5.91. The van der Waals surface area contributed by atoms with Gasteiger partial charge in [-0.05, 0) is 51.0 Å². The lowest BCUT2D eigenvalue weighted by atomic mass is 10.1. The number of aromatic nitrogens is 2. The number of nitrogens with one attached hydrogen (secondary N) is 1. The molecule has 1 aliphatic carbocycles. The number of esters is 1. The largest absolute Gasteiger partial charge is 0.493 e. The fourth-order valence-corrected chi connectivity index (χ4v) is 2.92. The van der Waals surface area contributed by atoms with E-state index in [1.54, 1.807) is 38.1 Å². The van der Waals surface area contributed by atoms with Gasteiger partial charge in [-0.3, -0.25) is 4.79 Å². The Morgan fingerprint density at radius 2 is 2.04 bits per heavy atom. The van der Waals surface area contributed by atoms with Crippen LogP contribution in [0.1, 0.15) is 34.4 Å². The highest BCUT2D eigenvalue weighted by atomic mass is 16.5. The number of carbonyl (C=O) groups excluding carboxylic acids is 1. The van der Waals surface area contributed by atoms with Crippen LogP contribution in [0.15, 0.2) is 29.1 Å². The van der Waals surface area contributed by atoms with Gasteiger partial charge in [0.1, 0.15) is 11.6 Å². The van der Waals surface area contributed by atoms with Gasteiger partial charge in [0.25, 0.3) is 5.56 Å². The van der Waals surface area contributed by atoms with Gasteiger partial charge in [0, 0.05) is 11.5 Å². The molecule has 0 bridgehead atoms. The van der Waals surface area contributed by atoms with Gasteiger partial charge >= 0.3 is 5.97 Å². The second-order valence-corrected chi connectivity index (χ2v) is 5.91. The van der Waals surface area contributed by atoms with E-state index >= 15 is 0 Å². The maximum absolute atomic E-state index is 11.9. The first kappa shape index (κ1) is 16.2. The summed E-state index contributed by atoms with van der Waals surface area (Å²) in [4.78, 5) is 30.7. The second kappa shape index (κ2) is 6.86. The maximum Gasteiger partial charge on any atom is 0.338 e. The Labute approximate surface area is 139 Å². The molecule has 0 saturated heterocycles. The molecular weight excluding hydrogens is 308 g/mol. The molecule has 1 heterocycles. The van der Waals surface area contributed by atoms with Gasteiger partial charge in [-0.25, -0.2) is 9.78 Å². The van der Waals surface area contributed by atoms with Crippen molar-refractivity contribution in [3.8, 4) is 5.75 Å². The number of carbonyl (C=O) groups is 1. The Morgan fingerprint density at radius 1 is 1.29 bits per heavy atom. The first-order valence-corrected chi connectivity index (χ1v) is 8.05. The van der Waals surface area contributed by atoms with Crippen LogP contribution in [0.5, 0.6) is 5.75 Å². The molecule has 3 rings (SSSR count). The average molecular weight is 328 g/mol. The first-order chi connectivity index (χ1) is 11.6. The fourth-order valence-electron chi connectivity index (χ4n) is 2.92. The highest BCUT2D eigenvalue weighted by Crippen LogP contribution is 2.23. The van der Waals surface area contributed by atoms with Crippen molar-refractivity contribution < 1.29 is 14.3 Å². The quantitative estimate of drug-likeness (QED) is 0.850. The van der Waals surface area contributed by atoms with Gasteiger partial charge < -0.3 is 14.5 Å². The molecule has 1 aromatic carbocycles. The third kappa shape index (κ3) is 3.48. The molecule has 0 spiro atoms. The molecule has 1 aliphatic rings. The molecule has 0 radical (unpaired) electrons. The Bertz CT molecular complexity index is 796. The summed E-state index contributed by atoms with van der Waals surface area (Å²) in [6.45, 7) is 4.42. The van der Waals surface area contributed by atoms with Crippen LogP contribution >= 0.6 is 0 Å². The third-order valence-corrected chi connectivity index (χ3v) is 4.05. The lowest BCUT2D eigenvalue weighted by Gasteiger charge is -2.11. The number of hydrogen-bond donors (Lipinski definition) is 1. The first-order valence-electron chi connectivity index (χ1n) is 8.05. The van der Waals surface area contributed by atoms with E-state index in [0.717, 1.165) is 17.7 Å². The molecule has 1 N–H and O–H groups in total. The summed E-state index contributed by atoms with van der Waals surface area (Å²) in [6.07, 6.45) is 1.43. The summed E-state index contributed by atoms with van der Waals surface area (Å²) in [5, 5.41) is 0. The standard InChI is InChI=1S/C18H20N2O4/c1-3-23-18(22)13-4-6-14(7-5-13)24-10-12-8-15-16(9-12)19-11(2)20-17(15)21/h4-7,12H,3,8-10H2,1-2H3,(H,19,20,21). The van der Waals surface area contributed by atoms with Crippen LogP contribution in [0.4, 0.5) is 0 Å². The summed E-state index contributed by atoms with van der Waals surface area (Å²) in [6, 6.07) is 6.88. The van der Waals surface area contributed by atoms with E-state index in [2.05, 4.69) is 9.97 Å². The van der Waals surface area contributed by atoms with E-state index in [4.69, 9.17) is 9.47 Å². The summed E-state index contributed by atoms with van der Waals surface area (Å²) >= 11 is 0. The zero-order chi connectivity index (χ0) is 17.1. The van der Waals surface area contributed by atoms with Crippen LogP contribution in [0.2, 0.25) is 0 Å². The summed E-state index contributed by atoms with van der Waals surface area (Å²) in [7, 11) is 0. The van der Waals surface area contributed by atoms with Gasteiger partial charge in [0.15, 0.2) is 0 Å². The van der Waals surface area contributed by atoms with Crippen molar-refractivity contribution in [2.24, 2.45) is 5.92 Å². The Kier molecular flexibility index (Phi) is 4.64. The van der Waals surface area contributed by atoms with Crippen LogP contribution < -0.4 is 10.3 Å². The fraction of sp³-hybridized carbons (Fsp3) is 0.389. The van der Waals surface area contributed by atoms with E-state index in [-0.39, 0.29) is 17.4 Å². The van der Waals surface area contributed by atoms with Crippen LogP contribution in [0.25, 0.3) is 0 Å². The van der Waals surface area contributed by atoms with Crippen molar-refractivity contribution in [1.29, 1.82) is 0 Å². The summed E-state index contributed by atoms with van der Waals surface area (Å²) in [5.74, 6) is 1.24. The van der Waals surface area contributed by atoms with Gasteiger partial charge in [-0.15, -0.1) is 0 Å². The van der Waals surface area contributed by atoms with Crippen LogP contribution in [0.3, 0.4) is 0 Å². The van der Waals surface area contributed by atoms with E-state index in [9.17, 15) is 9.59 Å². The van der Waals surface area contributed by atoms with Crippen molar-refractivity contribution in [1.82, 2.24) is 9.97 Å². The molecule has 0 saturated carbocycles. The number of H-pyrrole nitrogens is 1. The van der Waals surface area contributed by atoms with E-state index < -0.39 is 0 Å². The lowest BCUT2D eigenvalue weighted by Crippen LogP contribution is -2.16. The minimum Gasteiger partial charge on any atom is -0.493 e. The monoisotopic (exact) mass is 328 g/mol. The number of aromatic amines is 1. The predicted molar refractivity (Wildman–Crippen MR) is 88.4 cm³/mol. The third-order valence-electron chi connectivity index (χ3n) is 4.05. The lowest BCUT2D eigenvalue weighted by molar-refractivity contribution is 0.0526. The topological polar surface area (TPSA) is 81.3 Å². The van der Waals surface area contributed by atoms with Crippen molar-refractivity contribution >= 4 is 5.97 Å². The summed E-state index contributed by atoms with van der Waals surface area (Å²) < 4.78 is 10.7. The normalized spacial score (nSPS) is 15.8. The van der Waals surface area contributed by atoms with E-state index in [0.29, 0.717) is 36.8 Å². The highest BCUT2D eigenvalue weighted by Gasteiger charge is 2.26. The molecule has 6 heteroatoms. The van der Waals surface area contributed by atoms with Gasteiger partial charge in [0.2, 0.25) is 0 Å². The molecule has 6 nitrogen and oxygen atoms in total. The number of aryl methyl sites for hydroxylation is 1. The van der Waals surface area contributed by atoms with Crippen molar-refractivity contribution in [2.75, 3.05) is 13.2 Å². The maximum atomic E-state index is 11.9. The Morgan fingerprint density at radius 3 is 2.75 bits per heavy atom. The predicted octanol–water partition coefficient (Wildman–Crippen LogP) is 2.05. The van der Waals surface area contributed by atoms with Crippen molar-refractivity contribution in [2.45, 2.75) is 26.7 Å². The van der Waals surface area contributed by atoms with Gasteiger partial charge in [-0.2, -0.15) is 0 Å². The molecule has 24 heavy (non-hydrogen) atoms. The molecule has 0 fully saturated rings. The van der Waals surface area contributed by atoms with E-state index in [1.807, 2.05) is 0 Å². The van der Waals surface area contributed by atoms with Crippen LogP contribution in [0, 0.1) is 12.8 Å². The molecule has 0 amide bonds. The van der Waals surface area contributed by atoms with Crippen LogP contribution in [-0.2, 0) is 17.6 Å².